The summed E-state index contributed by atoms with van der Waals surface area (Å²) < 4.78 is 0. The number of unbranched alkanes of at least 4 members (excludes halogenated alkanes) is 5. The summed E-state index contributed by atoms with van der Waals surface area (Å²) in [7, 11) is 0. The van der Waals surface area contributed by atoms with Crippen molar-refractivity contribution in [2.45, 2.75) is 58.3 Å². The van der Waals surface area contributed by atoms with Gasteiger partial charge in [0.05, 0.1) is 0 Å². The van der Waals surface area contributed by atoms with Crippen LogP contribution in [0.1, 0.15) is 58.3 Å². The summed E-state index contributed by atoms with van der Waals surface area (Å²) in [4.78, 5) is 0. The van der Waals surface area contributed by atoms with Gasteiger partial charge >= 0.3 is 0 Å². The lowest BCUT2D eigenvalue weighted by Crippen LogP contribution is -1.75. The van der Waals surface area contributed by atoms with E-state index in [0.717, 1.165) is 12.8 Å². The van der Waals surface area contributed by atoms with Crippen LogP contribution >= 0.6 is 0 Å². The minimum absolute atomic E-state index is 0.998. The molecule has 15 heavy (non-hydrogen) atoms. The number of hydrogen-bond donors (Lipinski definition) is 0. The molecule has 0 heterocycles. The van der Waals surface area contributed by atoms with E-state index in [-0.39, 0.29) is 0 Å². The second-order valence-electron chi connectivity index (χ2n) is 3.80. The Labute approximate surface area is 95.8 Å². The highest BCUT2D eigenvalue weighted by Gasteiger charge is 1.85. The molecule has 0 spiro atoms. The minimum atomic E-state index is 0.998. The van der Waals surface area contributed by atoms with Gasteiger partial charge in [0.1, 0.15) is 0 Å². The van der Waals surface area contributed by atoms with Gasteiger partial charge in [0.15, 0.2) is 0 Å². The van der Waals surface area contributed by atoms with Crippen LogP contribution in [-0.4, -0.2) is 0 Å². The second kappa shape index (κ2) is 13.2. The van der Waals surface area contributed by atoms with E-state index in [1.54, 1.807) is 6.08 Å². The zero-order valence-corrected chi connectivity index (χ0v) is 10.1. The molecule has 0 aromatic carbocycles. The van der Waals surface area contributed by atoms with Crippen molar-refractivity contribution in [1.29, 1.82) is 0 Å². The zero-order chi connectivity index (χ0) is 11.2. The van der Waals surface area contributed by atoms with Gasteiger partial charge in [0.2, 0.25) is 0 Å². The molecule has 0 heteroatoms. The minimum Gasteiger partial charge on any atom is -0.0888 e. The molecule has 0 unspecified atom stereocenters. The highest BCUT2D eigenvalue weighted by molar-refractivity contribution is 4.84. The normalized spacial score (nSPS) is 11.5. The lowest BCUT2D eigenvalue weighted by molar-refractivity contribution is 0.694. The van der Waals surface area contributed by atoms with Crippen molar-refractivity contribution in [2.24, 2.45) is 0 Å². The summed E-state index contributed by atoms with van der Waals surface area (Å²) in [6, 6.07) is 0. The van der Waals surface area contributed by atoms with Crippen molar-refractivity contribution in [1.82, 2.24) is 0 Å². The molecule has 0 nitrogen and oxygen atoms in total. The van der Waals surface area contributed by atoms with Gasteiger partial charge in [-0.3, -0.25) is 0 Å². The number of allylic oxidation sites excluding steroid dienone is 5. The van der Waals surface area contributed by atoms with Crippen LogP contribution in [0.25, 0.3) is 0 Å². The molecule has 0 aliphatic carbocycles. The number of hydrogen-bond acceptors (Lipinski definition) is 0. The van der Waals surface area contributed by atoms with Gasteiger partial charge in [0.25, 0.3) is 0 Å². The molecule has 0 aliphatic rings. The monoisotopic (exact) mass is 205 g/mol. The zero-order valence-electron chi connectivity index (χ0n) is 10.1. The van der Waals surface area contributed by atoms with E-state index in [2.05, 4.69) is 31.2 Å². The van der Waals surface area contributed by atoms with Gasteiger partial charge in [-0.15, -0.1) is 0 Å². The van der Waals surface area contributed by atoms with Crippen LogP contribution in [0.4, 0.5) is 0 Å². The molecule has 0 amide bonds. The molecule has 0 N–H and O–H groups in total. The Kier molecular flexibility index (Phi) is 12.5. The molecule has 0 bridgehead atoms. The quantitative estimate of drug-likeness (QED) is 0.338. The van der Waals surface area contributed by atoms with Crippen LogP contribution in [0.5, 0.6) is 0 Å². The maximum atomic E-state index is 5.28. The summed E-state index contributed by atoms with van der Waals surface area (Å²) in [5, 5.41) is 0. The molecule has 0 aromatic heterocycles. The Morgan fingerprint density at radius 2 is 1.33 bits per heavy atom. The number of rotatable bonds is 10. The molecule has 0 saturated heterocycles. The van der Waals surface area contributed by atoms with Gasteiger partial charge in [-0.05, 0) is 44.9 Å². The fraction of sp³-hybridized carbons (Fsp3) is 0.600. The predicted molar refractivity (Wildman–Crippen MR) is 69.8 cm³/mol. The predicted octanol–water partition coefficient (Wildman–Crippen LogP) is 5.23. The average Bonchev–Trinajstić information content (AvgIpc) is 2.26. The fourth-order valence-electron chi connectivity index (χ4n) is 1.41. The van der Waals surface area contributed by atoms with E-state index >= 15 is 0 Å². The summed E-state index contributed by atoms with van der Waals surface area (Å²) >= 11 is 0. The van der Waals surface area contributed by atoms with Crippen molar-refractivity contribution in [3.63, 3.8) is 0 Å². The Bertz CT molecular complexity index is 174. The maximum absolute atomic E-state index is 5.28. The molecule has 1 radical (unpaired) electrons. The Morgan fingerprint density at radius 1 is 0.733 bits per heavy atom. The average molecular weight is 205 g/mol. The van der Waals surface area contributed by atoms with Gasteiger partial charge in [-0.25, -0.2) is 0 Å². The van der Waals surface area contributed by atoms with Gasteiger partial charge in [0, 0.05) is 0 Å². The van der Waals surface area contributed by atoms with E-state index in [1.165, 1.54) is 38.5 Å². The highest BCUT2D eigenvalue weighted by Crippen LogP contribution is 2.05. The molecule has 0 saturated carbocycles. The van der Waals surface area contributed by atoms with E-state index < -0.39 is 0 Å². The first kappa shape index (κ1) is 14.2. The topological polar surface area (TPSA) is 0 Å². The summed E-state index contributed by atoms with van der Waals surface area (Å²) in [6.45, 7) is 7.46. The fourth-order valence-corrected chi connectivity index (χ4v) is 1.41. The van der Waals surface area contributed by atoms with Crippen LogP contribution in [0.2, 0.25) is 0 Å². The standard InChI is InChI=1S/C15H25/c1-3-5-7-9-11-13-15-14-12-10-8-6-4-2/h1,3,6,8-9,11H,4-5,7,10,12-15H2,2H3. The lowest BCUT2D eigenvalue weighted by atomic mass is 10.1. The van der Waals surface area contributed by atoms with E-state index in [0.29, 0.717) is 0 Å². The van der Waals surface area contributed by atoms with Crippen molar-refractivity contribution in [3.8, 4) is 0 Å². The van der Waals surface area contributed by atoms with Gasteiger partial charge in [-0.2, -0.15) is 0 Å². The molecule has 0 aliphatic heterocycles. The van der Waals surface area contributed by atoms with Crippen molar-refractivity contribution < 1.29 is 0 Å². The van der Waals surface area contributed by atoms with Crippen LogP contribution in [0.3, 0.4) is 0 Å². The molecule has 0 aromatic rings. The van der Waals surface area contributed by atoms with E-state index in [1.807, 2.05) is 0 Å². The molecular formula is C15H25. The lowest BCUT2D eigenvalue weighted by Gasteiger charge is -1.95. The van der Waals surface area contributed by atoms with Crippen LogP contribution < -0.4 is 0 Å². The summed E-state index contributed by atoms with van der Waals surface area (Å²) in [6.07, 6.45) is 20.5. The molecule has 0 atom stereocenters. The van der Waals surface area contributed by atoms with Crippen molar-refractivity contribution >= 4 is 0 Å². The van der Waals surface area contributed by atoms with E-state index in [4.69, 9.17) is 6.58 Å². The third-order valence-corrected chi connectivity index (χ3v) is 2.31. The first-order chi connectivity index (χ1) is 7.41. The Hall–Kier alpha value is -0.780. The van der Waals surface area contributed by atoms with Crippen LogP contribution in [-0.2, 0) is 0 Å². The largest absolute Gasteiger partial charge is 0.0888 e. The summed E-state index contributed by atoms with van der Waals surface area (Å²) in [5.74, 6) is 0. The Morgan fingerprint density at radius 3 is 1.93 bits per heavy atom. The van der Waals surface area contributed by atoms with Crippen LogP contribution in [0, 0.1) is 6.58 Å². The van der Waals surface area contributed by atoms with E-state index in [9.17, 15) is 0 Å². The first-order valence-corrected chi connectivity index (χ1v) is 6.25. The third-order valence-electron chi connectivity index (χ3n) is 2.31. The summed E-state index contributed by atoms with van der Waals surface area (Å²) in [5.41, 5.74) is 0. The van der Waals surface area contributed by atoms with Gasteiger partial charge < -0.3 is 0 Å². The molecule has 0 fully saturated rings. The van der Waals surface area contributed by atoms with Gasteiger partial charge in [-0.1, -0.05) is 50.3 Å². The highest BCUT2D eigenvalue weighted by atomic mass is 13.9. The van der Waals surface area contributed by atoms with Crippen LogP contribution in [0.15, 0.2) is 30.4 Å². The third kappa shape index (κ3) is 13.2. The second-order valence-corrected chi connectivity index (χ2v) is 3.80. The molecular weight excluding hydrogens is 180 g/mol. The molecule has 85 valence electrons. The smallest absolute Gasteiger partial charge is 0.0313 e. The first-order valence-electron chi connectivity index (χ1n) is 6.25. The maximum Gasteiger partial charge on any atom is -0.0313 e. The SMILES string of the molecule is [CH]=CCCC=CCCCCCC=CCC. The van der Waals surface area contributed by atoms with Crippen molar-refractivity contribution in [3.05, 3.63) is 37.0 Å². The van der Waals surface area contributed by atoms with Crippen molar-refractivity contribution in [2.75, 3.05) is 0 Å². The Balaban J connectivity index is 3.07. The molecule has 0 rings (SSSR count).